The first kappa shape index (κ1) is 25.9. The number of ether oxygens (including phenoxy) is 2. The van der Waals surface area contributed by atoms with E-state index >= 15 is 0 Å². The van der Waals surface area contributed by atoms with Crippen molar-refractivity contribution in [2.45, 2.75) is 38.7 Å². The highest BCUT2D eigenvalue weighted by molar-refractivity contribution is 7.17. The summed E-state index contributed by atoms with van der Waals surface area (Å²) in [6.07, 6.45) is 4.45. The van der Waals surface area contributed by atoms with Crippen molar-refractivity contribution >= 4 is 40.3 Å². The predicted molar refractivity (Wildman–Crippen MR) is 143 cm³/mol. The summed E-state index contributed by atoms with van der Waals surface area (Å²) in [4.78, 5) is 38.3. The van der Waals surface area contributed by atoms with Crippen LogP contribution in [0, 0.1) is 0 Å². The molecule has 0 saturated heterocycles. The Balaban J connectivity index is 1.33. The molecule has 0 saturated carbocycles. The highest BCUT2D eigenvalue weighted by Gasteiger charge is 2.25. The fourth-order valence-electron chi connectivity index (χ4n) is 3.98. The largest absolute Gasteiger partial charge is 0.497 e. The molecule has 4 N–H and O–H groups in total. The minimum Gasteiger partial charge on any atom is -0.497 e. The number of methoxy groups -OCH3 is 1. The summed E-state index contributed by atoms with van der Waals surface area (Å²) in [6, 6.07) is 13.6. The van der Waals surface area contributed by atoms with E-state index in [1.54, 1.807) is 50.4 Å². The van der Waals surface area contributed by atoms with Crippen LogP contribution in [0.3, 0.4) is 0 Å². The van der Waals surface area contributed by atoms with Crippen LogP contribution in [0.2, 0.25) is 0 Å². The van der Waals surface area contributed by atoms with Crippen molar-refractivity contribution in [1.82, 2.24) is 5.43 Å². The first-order valence-electron chi connectivity index (χ1n) is 11.8. The molecule has 1 unspecified atom stereocenters. The number of nitrogens with one attached hydrogen (secondary N) is 2. The number of hydrazone groups is 1. The summed E-state index contributed by atoms with van der Waals surface area (Å²) in [5.74, 6) is -0.160. The Hall–Kier alpha value is -4.18. The van der Waals surface area contributed by atoms with Gasteiger partial charge in [-0.15, -0.1) is 11.3 Å². The Labute approximate surface area is 218 Å². The van der Waals surface area contributed by atoms with Crippen molar-refractivity contribution in [3.05, 3.63) is 75.7 Å². The van der Waals surface area contributed by atoms with Gasteiger partial charge >= 0.3 is 0 Å². The van der Waals surface area contributed by atoms with Crippen molar-refractivity contribution in [1.29, 1.82) is 0 Å². The number of nitrogens with zero attached hydrogens (tertiary/aromatic N) is 1. The number of anilines is 1. The lowest BCUT2D eigenvalue weighted by Crippen LogP contribution is -2.33. The van der Waals surface area contributed by atoms with E-state index in [2.05, 4.69) is 15.8 Å². The maximum atomic E-state index is 12.8. The number of carbonyl (C=O) groups excluding carboxylic acids is 3. The highest BCUT2D eigenvalue weighted by atomic mass is 32.1. The molecule has 1 aliphatic carbocycles. The van der Waals surface area contributed by atoms with Gasteiger partial charge in [-0.1, -0.05) is 0 Å². The molecule has 3 aromatic rings. The Morgan fingerprint density at radius 2 is 1.70 bits per heavy atom. The van der Waals surface area contributed by atoms with Gasteiger partial charge in [-0.2, -0.15) is 5.10 Å². The average Bonchev–Trinajstić information content (AvgIpc) is 3.27. The number of benzene rings is 2. The molecule has 0 bridgehead atoms. The van der Waals surface area contributed by atoms with Gasteiger partial charge in [-0.05, 0) is 92.3 Å². The number of thiophene rings is 1. The monoisotopic (exact) mass is 520 g/mol. The van der Waals surface area contributed by atoms with Crippen LogP contribution in [-0.2, 0) is 17.6 Å². The van der Waals surface area contributed by atoms with Gasteiger partial charge in [-0.3, -0.25) is 14.4 Å². The molecule has 0 radical (unpaired) electrons. The van der Waals surface area contributed by atoms with Crippen LogP contribution in [0.15, 0.2) is 53.6 Å². The summed E-state index contributed by atoms with van der Waals surface area (Å²) < 4.78 is 10.8. The highest BCUT2D eigenvalue weighted by Crippen LogP contribution is 2.38. The third kappa shape index (κ3) is 6.34. The maximum Gasteiger partial charge on any atom is 0.280 e. The number of amides is 3. The van der Waals surface area contributed by atoms with E-state index < -0.39 is 17.9 Å². The number of hydrogen-bond acceptors (Lipinski definition) is 7. The summed E-state index contributed by atoms with van der Waals surface area (Å²) in [5, 5.41) is 7.28. The standard InChI is InChI=1S/C27H28N4O5S/c1-16(25(33)31-29-15-17-7-11-19(35-2)12-8-17)36-20-13-9-18(10-14-20)26(34)30-27-23(24(28)32)21-5-3-4-6-22(21)37-27/h7-16H,3-6H2,1-2H3,(H2,28,32)(H,30,34)(H,31,33). The summed E-state index contributed by atoms with van der Waals surface area (Å²) in [6.45, 7) is 1.60. The van der Waals surface area contributed by atoms with Crippen LogP contribution >= 0.6 is 11.3 Å². The second kappa shape index (κ2) is 11.7. The molecular formula is C27H28N4O5S. The topological polar surface area (TPSA) is 132 Å². The molecule has 1 aliphatic rings. The first-order chi connectivity index (χ1) is 17.9. The zero-order valence-corrected chi connectivity index (χ0v) is 21.4. The number of carbonyl (C=O) groups is 3. The quantitative estimate of drug-likeness (QED) is 0.291. The van der Waals surface area contributed by atoms with E-state index in [0.29, 0.717) is 21.9 Å². The van der Waals surface area contributed by atoms with Gasteiger partial charge in [-0.25, -0.2) is 5.43 Å². The van der Waals surface area contributed by atoms with Crippen molar-refractivity contribution in [3.63, 3.8) is 0 Å². The minimum absolute atomic E-state index is 0.355. The van der Waals surface area contributed by atoms with Gasteiger partial charge in [0.05, 0.1) is 18.9 Å². The Bertz CT molecular complexity index is 1320. The van der Waals surface area contributed by atoms with Gasteiger partial charge in [0.2, 0.25) is 0 Å². The fraction of sp³-hybridized carbons (Fsp3) is 0.259. The average molecular weight is 521 g/mol. The van der Waals surface area contributed by atoms with Crippen molar-refractivity contribution < 1.29 is 23.9 Å². The lowest BCUT2D eigenvalue weighted by molar-refractivity contribution is -0.127. The van der Waals surface area contributed by atoms with E-state index in [1.165, 1.54) is 17.6 Å². The maximum absolute atomic E-state index is 12.8. The zero-order chi connectivity index (χ0) is 26.4. The van der Waals surface area contributed by atoms with Crippen molar-refractivity contribution in [3.8, 4) is 11.5 Å². The second-order valence-corrected chi connectivity index (χ2v) is 9.63. The van der Waals surface area contributed by atoms with Crippen LogP contribution in [0.1, 0.15) is 56.5 Å². The molecule has 1 atom stereocenters. The molecule has 37 heavy (non-hydrogen) atoms. The molecule has 3 amide bonds. The molecule has 2 aromatic carbocycles. The smallest absolute Gasteiger partial charge is 0.280 e. The molecular weight excluding hydrogens is 492 g/mol. The molecule has 0 spiro atoms. The number of primary amides is 1. The molecule has 9 nitrogen and oxygen atoms in total. The van der Waals surface area contributed by atoms with E-state index in [-0.39, 0.29) is 5.91 Å². The van der Waals surface area contributed by atoms with E-state index in [0.717, 1.165) is 47.4 Å². The van der Waals surface area contributed by atoms with Gasteiger partial charge in [0, 0.05) is 10.4 Å². The van der Waals surface area contributed by atoms with Gasteiger partial charge in [0.25, 0.3) is 17.7 Å². The zero-order valence-electron chi connectivity index (χ0n) is 20.6. The third-order valence-corrected chi connectivity index (χ3v) is 7.15. The number of nitrogens with two attached hydrogens (primary N) is 1. The number of fused-ring (bicyclic) bond motifs is 1. The van der Waals surface area contributed by atoms with Gasteiger partial charge in [0.15, 0.2) is 6.10 Å². The normalized spacial score (nSPS) is 13.5. The third-order valence-electron chi connectivity index (χ3n) is 5.95. The van der Waals surface area contributed by atoms with Gasteiger partial charge < -0.3 is 20.5 Å². The molecule has 1 aromatic heterocycles. The van der Waals surface area contributed by atoms with Crippen LogP contribution < -0.4 is 25.9 Å². The molecule has 0 aliphatic heterocycles. The second-order valence-electron chi connectivity index (χ2n) is 8.53. The molecule has 1 heterocycles. The van der Waals surface area contributed by atoms with Crippen LogP contribution in [0.5, 0.6) is 11.5 Å². The molecule has 0 fully saturated rings. The molecule has 192 valence electrons. The summed E-state index contributed by atoms with van der Waals surface area (Å²) in [7, 11) is 1.59. The summed E-state index contributed by atoms with van der Waals surface area (Å²) >= 11 is 1.42. The van der Waals surface area contributed by atoms with Crippen LogP contribution in [0.25, 0.3) is 0 Å². The molecule has 4 rings (SSSR count). The Morgan fingerprint density at radius 1 is 1.03 bits per heavy atom. The lowest BCUT2D eigenvalue weighted by atomic mass is 9.95. The Morgan fingerprint density at radius 3 is 2.38 bits per heavy atom. The fourth-order valence-corrected chi connectivity index (χ4v) is 5.27. The van der Waals surface area contributed by atoms with Crippen molar-refractivity contribution in [2.75, 3.05) is 12.4 Å². The molecule has 10 heteroatoms. The minimum atomic E-state index is -0.816. The van der Waals surface area contributed by atoms with Crippen LogP contribution in [0.4, 0.5) is 5.00 Å². The van der Waals surface area contributed by atoms with E-state index in [9.17, 15) is 14.4 Å². The first-order valence-corrected chi connectivity index (χ1v) is 12.7. The lowest BCUT2D eigenvalue weighted by Gasteiger charge is -2.13. The predicted octanol–water partition coefficient (Wildman–Crippen LogP) is 3.90. The Kier molecular flexibility index (Phi) is 8.19. The number of hydrogen-bond donors (Lipinski definition) is 3. The van der Waals surface area contributed by atoms with Crippen LogP contribution in [-0.4, -0.2) is 37.1 Å². The van der Waals surface area contributed by atoms with E-state index in [4.69, 9.17) is 15.2 Å². The van der Waals surface area contributed by atoms with E-state index in [1.807, 2.05) is 12.1 Å². The van der Waals surface area contributed by atoms with Crippen molar-refractivity contribution in [2.24, 2.45) is 10.8 Å². The summed E-state index contributed by atoms with van der Waals surface area (Å²) in [5.41, 5.74) is 10.6. The SMILES string of the molecule is COc1ccc(C=NNC(=O)C(C)Oc2ccc(C(=O)Nc3sc4c(c3C(N)=O)CCCC4)cc2)cc1. The number of rotatable bonds is 9. The number of aryl methyl sites for hydroxylation is 1. The van der Waals surface area contributed by atoms with Gasteiger partial charge in [0.1, 0.15) is 16.5 Å².